The Balaban J connectivity index is 1.62. The van der Waals surface area contributed by atoms with Gasteiger partial charge in [0.2, 0.25) is 5.88 Å². The van der Waals surface area contributed by atoms with Crippen molar-refractivity contribution >= 4 is 11.6 Å². The number of hydrogen-bond donors (Lipinski definition) is 3. The van der Waals surface area contributed by atoms with E-state index >= 15 is 0 Å². The van der Waals surface area contributed by atoms with Gasteiger partial charge in [-0.25, -0.2) is 4.39 Å². The maximum absolute atomic E-state index is 13.5. The maximum atomic E-state index is 13.5. The third-order valence-electron chi connectivity index (χ3n) is 5.33. The summed E-state index contributed by atoms with van der Waals surface area (Å²) in [6.45, 7) is 0. The number of aromatic nitrogens is 1. The maximum Gasteiger partial charge on any atom is 0.250 e. The molecule has 7 heteroatoms. The molecule has 1 saturated carbocycles. The summed E-state index contributed by atoms with van der Waals surface area (Å²) in [6, 6.07) is 15.0. The first-order chi connectivity index (χ1) is 14.5. The Hall–Kier alpha value is -3.32. The number of aliphatic hydroxyl groups is 1. The Labute approximate surface area is 174 Å². The number of ether oxygens (including phenoxy) is 1. The van der Waals surface area contributed by atoms with Gasteiger partial charge < -0.3 is 20.9 Å². The number of nitrogens with one attached hydrogen (secondary N) is 1. The Bertz CT molecular complexity index is 1040. The third-order valence-corrected chi connectivity index (χ3v) is 5.33. The number of nitrogens with zero attached hydrogens (tertiary/aromatic N) is 1. The van der Waals surface area contributed by atoms with E-state index in [4.69, 9.17) is 10.5 Å². The van der Waals surface area contributed by atoms with E-state index in [1.165, 1.54) is 12.1 Å². The molecule has 0 atom stereocenters. The van der Waals surface area contributed by atoms with Crippen LogP contribution >= 0.6 is 0 Å². The molecule has 30 heavy (non-hydrogen) atoms. The van der Waals surface area contributed by atoms with Crippen molar-refractivity contribution in [1.82, 2.24) is 4.57 Å². The van der Waals surface area contributed by atoms with E-state index in [-0.39, 0.29) is 18.0 Å². The molecule has 6 nitrogen and oxygen atoms in total. The van der Waals surface area contributed by atoms with Crippen LogP contribution in [0.4, 0.5) is 10.1 Å². The van der Waals surface area contributed by atoms with Crippen molar-refractivity contribution < 1.29 is 19.0 Å². The second-order valence-corrected chi connectivity index (χ2v) is 7.52. The molecule has 1 aliphatic carbocycles. The van der Waals surface area contributed by atoms with Gasteiger partial charge in [-0.3, -0.25) is 9.36 Å². The molecule has 0 radical (unpaired) electrons. The predicted octanol–water partition coefficient (Wildman–Crippen LogP) is 4.22. The molecule has 1 aromatic heterocycles. The fourth-order valence-corrected chi connectivity index (χ4v) is 3.77. The molecule has 2 aromatic carbocycles. The third kappa shape index (κ3) is 4.46. The van der Waals surface area contributed by atoms with Crippen LogP contribution in [0.5, 0.6) is 11.6 Å². The average Bonchev–Trinajstić information content (AvgIpc) is 3.17. The molecule has 156 valence electrons. The second-order valence-electron chi connectivity index (χ2n) is 7.52. The van der Waals surface area contributed by atoms with Gasteiger partial charge in [0.05, 0.1) is 17.4 Å². The zero-order valence-corrected chi connectivity index (χ0v) is 16.4. The van der Waals surface area contributed by atoms with Crippen LogP contribution in [0, 0.1) is 5.82 Å². The molecule has 1 amide bonds. The quantitative estimate of drug-likeness (QED) is 0.569. The van der Waals surface area contributed by atoms with E-state index < -0.39 is 5.91 Å². The summed E-state index contributed by atoms with van der Waals surface area (Å²) in [5.74, 6) is 0.0196. The number of benzene rings is 2. The molecular weight excluding hydrogens is 385 g/mol. The van der Waals surface area contributed by atoms with Gasteiger partial charge in [-0.2, -0.15) is 0 Å². The van der Waals surface area contributed by atoms with Gasteiger partial charge in [-0.05, 0) is 62.1 Å². The summed E-state index contributed by atoms with van der Waals surface area (Å²) < 4.78 is 21.1. The van der Waals surface area contributed by atoms with Crippen LogP contribution in [0.25, 0.3) is 5.69 Å². The van der Waals surface area contributed by atoms with Crippen molar-refractivity contribution in [2.24, 2.45) is 5.73 Å². The monoisotopic (exact) mass is 409 g/mol. The van der Waals surface area contributed by atoms with E-state index in [0.29, 0.717) is 22.9 Å². The lowest BCUT2D eigenvalue weighted by molar-refractivity contribution is 0.100. The average molecular weight is 409 g/mol. The Morgan fingerprint density at radius 2 is 1.90 bits per heavy atom. The molecule has 0 aliphatic heterocycles. The summed E-state index contributed by atoms with van der Waals surface area (Å²) in [4.78, 5) is 11.9. The van der Waals surface area contributed by atoms with Crippen LogP contribution in [-0.4, -0.2) is 27.7 Å². The molecule has 0 unspecified atom stereocenters. The largest absolute Gasteiger partial charge is 0.440 e. The Morgan fingerprint density at radius 3 is 2.63 bits per heavy atom. The molecule has 4 rings (SSSR count). The summed E-state index contributed by atoms with van der Waals surface area (Å²) in [7, 11) is 0. The number of nitrogens with two attached hydrogens (primary N) is 1. The van der Waals surface area contributed by atoms with E-state index in [9.17, 15) is 14.3 Å². The van der Waals surface area contributed by atoms with Gasteiger partial charge in [0.25, 0.3) is 5.91 Å². The second kappa shape index (κ2) is 8.59. The number of carbonyl (C=O) groups is 1. The highest BCUT2D eigenvalue weighted by Crippen LogP contribution is 2.30. The molecule has 0 saturated heterocycles. The lowest BCUT2D eigenvalue weighted by Crippen LogP contribution is -2.29. The highest BCUT2D eigenvalue weighted by atomic mass is 19.1. The summed E-state index contributed by atoms with van der Waals surface area (Å²) in [6.07, 6.45) is 4.67. The molecule has 0 bridgehead atoms. The number of aliphatic hydroxyl groups excluding tert-OH is 1. The van der Waals surface area contributed by atoms with Crippen LogP contribution < -0.4 is 15.8 Å². The highest BCUT2D eigenvalue weighted by Gasteiger charge is 2.21. The molecule has 1 fully saturated rings. The van der Waals surface area contributed by atoms with Crippen LogP contribution in [0.3, 0.4) is 0 Å². The standard InChI is InChI=1S/C23H24FN3O3/c24-15-3-1-4-19(13-15)30-22-5-2-12-27(22)17-8-11-20(23(25)29)21(14-17)26-16-6-9-18(28)10-7-16/h1-5,8,11-14,16,18,26,28H,6-7,9-10H2,(H2,25,29). The molecule has 4 N–H and O–H groups in total. The predicted molar refractivity (Wildman–Crippen MR) is 113 cm³/mol. The van der Waals surface area contributed by atoms with Crippen molar-refractivity contribution in [3.05, 3.63) is 72.2 Å². The minimum Gasteiger partial charge on any atom is -0.440 e. The number of amides is 1. The zero-order chi connectivity index (χ0) is 21.1. The van der Waals surface area contributed by atoms with E-state index in [0.717, 1.165) is 31.4 Å². The number of halogens is 1. The van der Waals surface area contributed by atoms with Gasteiger partial charge in [0.15, 0.2) is 0 Å². The molecule has 1 heterocycles. The van der Waals surface area contributed by atoms with Crippen molar-refractivity contribution in [1.29, 1.82) is 0 Å². The Morgan fingerprint density at radius 1 is 1.10 bits per heavy atom. The van der Waals surface area contributed by atoms with Crippen LogP contribution in [0.2, 0.25) is 0 Å². The lowest BCUT2D eigenvalue weighted by atomic mass is 9.92. The van der Waals surface area contributed by atoms with Crippen molar-refractivity contribution in [2.75, 3.05) is 5.32 Å². The fourth-order valence-electron chi connectivity index (χ4n) is 3.77. The minimum atomic E-state index is -0.511. The first-order valence-corrected chi connectivity index (χ1v) is 9.99. The number of anilines is 1. The number of primary amides is 1. The van der Waals surface area contributed by atoms with Crippen molar-refractivity contribution in [2.45, 2.75) is 37.8 Å². The van der Waals surface area contributed by atoms with Crippen LogP contribution in [0.15, 0.2) is 60.8 Å². The minimum absolute atomic E-state index is 0.162. The van der Waals surface area contributed by atoms with Crippen molar-refractivity contribution in [3.63, 3.8) is 0 Å². The van der Waals surface area contributed by atoms with Gasteiger partial charge in [0.1, 0.15) is 11.6 Å². The molecule has 3 aromatic rings. The van der Waals surface area contributed by atoms with E-state index in [1.807, 2.05) is 22.9 Å². The van der Waals surface area contributed by atoms with Gasteiger partial charge in [-0.1, -0.05) is 6.07 Å². The smallest absolute Gasteiger partial charge is 0.250 e. The molecule has 1 aliphatic rings. The van der Waals surface area contributed by atoms with Crippen LogP contribution in [0.1, 0.15) is 36.0 Å². The first kappa shape index (κ1) is 20.0. The molecule has 0 spiro atoms. The van der Waals surface area contributed by atoms with Crippen molar-refractivity contribution in [3.8, 4) is 17.3 Å². The lowest BCUT2D eigenvalue weighted by Gasteiger charge is -2.28. The molecular formula is C23H24FN3O3. The Kier molecular flexibility index (Phi) is 5.72. The number of hydrogen-bond acceptors (Lipinski definition) is 4. The van der Waals surface area contributed by atoms with E-state index in [1.54, 1.807) is 30.3 Å². The highest BCUT2D eigenvalue weighted by molar-refractivity contribution is 5.99. The fraction of sp³-hybridized carbons (Fsp3) is 0.261. The normalized spacial score (nSPS) is 18.7. The SMILES string of the molecule is NC(=O)c1ccc(-n2cccc2Oc2cccc(F)c2)cc1NC1CCC(O)CC1. The van der Waals surface area contributed by atoms with Gasteiger partial charge in [0, 0.05) is 30.1 Å². The number of rotatable bonds is 6. The van der Waals surface area contributed by atoms with E-state index in [2.05, 4.69) is 5.32 Å². The summed E-state index contributed by atoms with van der Waals surface area (Å²) in [5, 5.41) is 13.1. The van der Waals surface area contributed by atoms with Crippen LogP contribution in [-0.2, 0) is 0 Å². The summed E-state index contributed by atoms with van der Waals surface area (Å²) >= 11 is 0. The number of carbonyl (C=O) groups excluding carboxylic acids is 1. The topological polar surface area (TPSA) is 89.5 Å². The van der Waals surface area contributed by atoms with Gasteiger partial charge >= 0.3 is 0 Å². The zero-order valence-electron chi connectivity index (χ0n) is 16.4. The first-order valence-electron chi connectivity index (χ1n) is 9.99. The van der Waals surface area contributed by atoms with Gasteiger partial charge in [-0.15, -0.1) is 0 Å². The summed E-state index contributed by atoms with van der Waals surface area (Å²) in [5.41, 5.74) is 7.40.